The highest BCUT2D eigenvalue weighted by atomic mass is 32.2. The molecule has 1 aromatic rings. The SMILES string of the molecule is Cc1c(N)cccc1NC(=O)CS(=O)C(C)C. The maximum absolute atomic E-state index is 11.6. The van der Waals surface area contributed by atoms with Crippen LogP contribution in [0.1, 0.15) is 19.4 Å². The van der Waals surface area contributed by atoms with Gasteiger partial charge in [0.15, 0.2) is 0 Å². The van der Waals surface area contributed by atoms with Crippen molar-refractivity contribution in [3.05, 3.63) is 23.8 Å². The zero-order valence-electron chi connectivity index (χ0n) is 10.3. The molecule has 0 bridgehead atoms. The van der Waals surface area contributed by atoms with Crippen molar-refractivity contribution in [2.75, 3.05) is 16.8 Å². The normalized spacial score (nSPS) is 12.5. The average molecular weight is 254 g/mol. The van der Waals surface area contributed by atoms with Gasteiger partial charge in [-0.25, -0.2) is 0 Å². The largest absolute Gasteiger partial charge is 0.398 e. The molecule has 1 amide bonds. The fraction of sp³-hybridized carbons (Fsp3) is 0.417. The van der Waals surface area contributed by atoms with Gasteiger partial charge in [0.25, 0.3) is 0 Å². The Morgan fingerprint density at radius 2 is 2.12 bits per heavy atom. The Kier molecular flexibility index (Phi) is 4.69. The van der Waals surface area contributed by atoms with E-state index < -0.39 is 10.8 Å². The molecule has 0 aliphatic heterocycles. The van der Waals surface area contributed by atoms with Crippen molar-refractivity contribution in [2.45, 2.75) is 26.0 Å². The number of hydrogen-bond donors (Lipinski definition) is 2. The predicted octanol–water partition coefficient (Wildman–Crippen LogP) is 1.67. The second kappa shape index (κ2) is 5.82. The summed E-state index contributed by atoms with van der Waals surface area (Å²) in [6, 6.07) is 5.33. The molecule has 1 aromatic carbocycles. The molecule has 0 fully saturated rings. The summed E-state index contributed by atoms with van der Waals surface area (Å²) in [4.78, 5) is 11.6. The molecule has 17 heavy (non-hydrogen) atoms. The summed E-state index contributed by atoms with van der Waals surface area (Å²) in [5.74, 6) is -0.225. The van der Waals surface area contributed by atoms with E-state index in [9.17, 15) is 9.00 Å². The number of nitrogens with one attached hydrogen (secondary N) is 1. The molecule has 0 saturated carbocycles. The lowest BCUT2D eigenvalue weighted by atomic mass is 10.1. The van der Waals surface area contributed by atoms with Crippen LogP contribution in [-0.2, 0) is 15.6 Å². The van der Waals surface area contributed by atoms with Crippen molar-refractivity contribution in [1.82, 2.24) is 0 Å². The summed E-state index contributed by atoms with van der Waals surface area (Å²) < 4.78 is 11.5. The van der Waals surface area contributed by atoms with Crippen LogP contribution in [0.2, 0.25) is 0 Å². The van der Waals surface area contributed by atoms with Crippen LogP contribution in [0, 0.1) is 6.92 Å². The van der Waals surface area contributed by atoms with Gasteiger partial charge in [-0.1, -0.05) is 19.9 Å². The fourth-order valence-electron chi connectivity index (χ4n) is 1.27. The number of benzene rings is 1. The molecule has 0 radical (unpaired) electrons. The van der Waals surface area contributed by atoms with Crippen LogP contribution in [0.15, 0.2) is 18.2 Å². The van der Waals surface area contributed by atoms with Gasteiger partial charge in [-0.05, 0) is 24.6 Å². The number of nitrogens with two attached hydrogens (primary N) is 1. The van der Waals surface area contributed by atoms with Crippen LogP contribution in [0.5, 0.6) is 0 Å². The Labute approximate surface area is 104 Å². The number of amides is 1. The van der Waals surface area contributed by atoms with Gasteiger partial charge < -0.3 is 11.1 Å². The molecule has 0 aromatic heterocycles. The van der Waals surface area contributed by atoms with E-state index in [-0.39, 0.29) is 16.9 Å². The van der Waals surface area contributed by atoms with Gasteiger partial charge in [0.05, 0.1) is 0 Å². The lowest BCUT2D eigenvalue weighted by molar-refractivity contribution is -0.113. The molecule has 0 saturated heterocycles. The van der Waals surface area contributed by atoms with Gasteiger partial charge in [0.2, 0.25) is 5.91 Å². The molecule has 0 heterocycles. The van der Waals surface area contributed by atoms with Gasteiger partial charge in [-0.2, -0.15) is 0 Å². The van der Waals surface area contributed by atoms with E-state index in [0.29, 0.717) is 11.4 Å². The molecule has 1 unspecified atom stereocenters. The molecule has 3 N–H and O–H groups in total. The van der Waals surface area contributed by atoms with Crippen LogP contribution >= 0.6 is 0 Å². The number of anilines is 2. The second-order valence-corrected chi connectivity index (χ2v) is 6.13. The Morgan fingerprint density at radius 3 is 2.71 bits per heavy atom. The van der Waals surface area contributed by atoms with Crippen molar-refractivity contribution in [3.63, 3.8) is 0 Å². The maximum atomic E-state index is 11.6. The predicted molar refractivity (Wildman–Crippen MR) is 72.4 cm³/mol. The fourth-order valence-corrected chi connectivity index (χ4v) is 1.94. The third-order valence-corrected chi connectivity index (χ3v) is 4.05. The van der Waals surface area contributed by atoms with Gasteiger partial charge in [0.1, 0.15) is 5.75 Å². The number of rotatable bonds is 4. The topological polar surface area (TPSA) is 72.2 Å². The first-order valence-electron chi connectivity index (χ1n) is 5.44. The Balaban J connectivity index is 2.69. The highest BCUT2D eigenvalue weighted by Gasteiger charge is 2.12. The maximum Gasteiger partial charge on any atom is 0.237 e. The third-order valence-electron chi connectivity index (χ3n) is 2.45. The lowest BCUT2D eigenvalue weighted by Gasteiger charge is -2.10. The molecule has 5 heteroatoms. The Bertz CT molecular complexity index is 444. The van der Waals surface area contributed by atoms with Gasteiger partial charge in [-0.15, -0.1) is 0 Å². The van der Waals surface area contributed by atoms with E-state index in [1.807, 2.05) is 20.8 Å². The van der Waals surface area contributed by atoms with E-state index in [4.69, 9.17) is 5.73 Å². The van der Waals surface area contributed by atoms with Crippen molar-refractivity contribution in [2.24, 2.45) is 0 Å². The lowest BCUT2D eigenvalue weighted by Crippen LogP contribution is -2.23. The van der Waals surface area contributed by atoms with Crippen LogP contribution in [0.25, 0.3) is 0 Å². The summed E-state index contributed by atoms with van der Waals surface area (Å²) in [6.07, 6.45) is 0. The monoisotopic (exact) mass is 254 g/mol. The third kappa shape index (κ3) is 3.85. The minimum atomic E-state index is -1.13. The minimum Gasteiger partial charge on any atom is -0.398 e. The molecular weight excluding hydrogens is 236 g/mol. The first kappa shape index (κ1) is 13.7. The molecule has 0 aliphatic carbocycles. The van der Waals surface area contributed by atoms with Crippen molar-refractivity contribution in [1.29, 1.82) is 0 Å². The Morgan fingerprint density at radius 1 is 1.47 bits per heavy atom. The average Bonchev–Trinajstić information content (AvgIpc) is 2.24. The zero-order valence-corrected chi connectivity index (χ0v) is 11.1. The zero-order chi connectivity index (χ0) is 13.0. The van der Waals surface area contributed by atoms with Crippen molar-refractivity contribution < 1.29 is 9.00 Å². The van der Waals surface area contributed by atoms with E-state index in [1.165, 1.54) is 0 Å². The van der Waals surface area contributed by atoms with Crippen molar-refractivity contribution >= 4 is 28.1 Å². The number of hydrogen-bond acceptors (Lipinski definition) is 3. The first-order chi connectivity index (χ1) is 7.91. The summed E-state index contributed by atoms with van der Waals surface area (Å²) >= 11 is 0. The highest BCUT2D eigenvalue weighted by Crippen LogP contribution is 2.20. The van der Waals surface area contributed by atoms with Crippen molar-refractivity contribution in [3.8, 4) is 0 Å². The van der Waals surface area contributed by atoms with Gasteiger partial charge in [-0.3, -0.25) is 9.00 Å². The van der Waals surface area contributed by atoms with Crippen LogP contribution in [0.3, 0.4) is 0 Å². The molecule has 1 atom stereocenters. The van der Waals surface area contributed by atoms with E-state index in [1.54, 1.807) is 18.2 Å². The molecule has 0 aliphatic rings. The molecule has 0 spiro atoms. The van der Waals surface area contributed by atoms with Gasteiger partial charge in [0, 0.05) is 27.4 Å². The summed E-state index contributed by atoms with van der Waals surface area (Å²) in [5, 5.41) is 2.71. The first-order valence-corrected chi connectivity index (χ1v) is 6.82. The highest BCUT2D eigenvalue weighted by molar-refractivity contribution is 7.86. The van der Waals surface area contributed by atoms with Crippen LogP contribution in [0.4, 0.5) is 11.4 Å². The molecule has 94 valence electrons. The minimum absolute atomic E-state index is 0.0114. The smallest absolute Gasteiger partial charge is 0.237 e. The molecule has 4 nitrogen and oxygen atoms in total. The van der Waals surface area contributed by atoms with Crippen LogP contribution < -0.4 is 11.1 Å². The van der Waals surface area contributed by atoms with E-state index >= 15 is 0 Å². The number of nitrogen functional groups attached to an aromatic ring is 1. The van der Waals surface area contributed by atoms with E-state index in [0.717, 1.165) is 5.56 Å². The summed E-state index contributed by atoms with van der Waals surface area (Å²) in [7, 11) is -1.13. The van der Waals surface area contributed by atoms with E-state index in [2.05, 4.69) is 5.32 Å². The summed E-state index contributed by atoms with van der Waals surface area (Å²) in [5.41, 5.74) is 7.87. The quantitative estimate of drug-likeness (QED) is 0.803. The Hall–Kier alpha value is -1.36. The number of carbonyl (C=O) groups excluding carboxylic acids is 1. The number of carbonyl (C=O) groups is 1. The standard InChI is InChI=1S/C12H18N2O2S/c1-8(2)17(16)7-12(15)14-11-6-4-5-10(13)9(11)3/h4-6,8H,7,13H2,1-3H3,(H,14,15). The summed E-state index contributed by atoms with van der Waals surface area (Å²) in [6.45, 7) is 5.49. The van der Waals surface area contributed by atoms with Crippen LogP contribution in [-0.4, -0.2) is 21.1 Å². The molecular formula is C12H18N2O2S. The van der Waals surface area contributed by atoms with Gasteiger partial charge >= 0.3 is 0 Å². The molecule has 1 rings (SSSR count). The second-order valence-electron chi connectivity index (χ2n) is 4.14.